The van der Waals surface area contributed by atoms with Gasteiger partial charge in [-0.25, -0.2) is 4.79 Å². The summed E-state index contributed by atoms with van der Waals surface area (Å²) in [5.41, 5.74) is 3.86. The van der Waals surface area contributed by atoms with Crippen molar-refractivity contribution in [1.29, 1.82) is 0 Å². The van der Waals surface area contributed by atoms with E-state index in [9.17, 15) is 14.7 Å². The third-order valence-corrected chi connectivity index (χ3v) is 6.38. The van der Waals surface area contributed by atoms with E-state index in [1.165, 1.54) is 11.3 Å². The average molecular weight is 420 g/mol. The molecule has 0 saturated heterocycles. The number of benzene rings is 2. The molecule has 2 heterocycles. The van der Waals surface area contributed by atoms with Crippen LogP contribution in [0.15, 0.2) is 61.2 Å². The van der Waals surface area contributed by atoms with Crippen molar-refractivity contribution in [1.82, 2.24) is 0 Å². The number of para-hydroxylation sites is 1. The minimum Gasteiger partial charge on any atom is -0.489 e. The van der Waals surface area contributed by atoms with Crippen molar-refractivity contribution in [2.45, 2.75) is 19.3 Å². The lowest BCUT2D eigenvalue weighted by Gasteiger charge is -2.25. The van der Waals surface area contributed by atoms with E-state index in [-0.39, 0.29) is 23.1 Å². The van der Waals surface area contributed by atoms with Gasteiger partial charge in [-0.3, -0.25) is 4.79 Å². The highest BCUT2D eigenvalue weighted by molar-refractivity contribution is 7.15. The Morgan fingerprint density at radius 3 is 2.70 bits per heavy atom. The van der Waals surface area contributed by atoms with Gasteiger partial charge in [0, 0.05) is 28.3 Å². The lowest BCUT2D eigenvalue weighted by Crippen LogP contribution is -2.22. The second-order valence-electron chi connectivity index (χ2n) is 7.16. The van der Waals surface area contributed by atoms with Crippen molar-refractivity contribution >= 4 is 28.9 Å². The molecule has 0 unspecified atom stereocenters. The van der Waals surface area contributed by atoms with Crippen molar-refractivity contribution in [3.8, 4) is 16.9 Å². The van der Waals surface area contributed by atoms with Crippen LogP contribution < -0.4 is 10.1 Å². The van der Waals surface area contributed by atoms with Crippen molar-refractivity contribution in [2.75, 3.05) is 11.9 Å². The second-order valence-corrected chi connectivity index (χ2v) is 8.21. The first kappa shape index (κ1) is 19.9. The summed E-state index contributed by atoms with van der Waals surface area (Å²) in [7, 11) is 0. The SMILES string of the molecule is C=CCOc1ccccc1[C@@H]1CC(=O)Nc2c1sc(C(=O)O)c2-c1ccc(C)cc1. The number of carboxylic acids is 1. The normalized spacial score (nSPS) is 15.2. The Morgan fingerprint density at radius 2 is 2.00 bits per heavy atom. The monoisotopic (exact) mass is 419 g/mol. The maximum absolute atomic E-state index is 12.6. The Kier molecular flexibility index (Phi) is 5.42. The fraction of sp³-hybridized carbons (Fsp3) is 0.167. The van der Waals surface area contributed by atoms with E-state index in [1.54, 1.807) is 6.08 Å². The molecule has 0 bridgehead atoms. The van der Waals surface area contributed by atoms with Crippen LogP contribution in [0.1, 0.15) is 38.0 Å². The standard InChI is InChI=1S/C24H21NO4S/c1-3-12-29-18-7-5-4-6-16(18)17-13-19(26)25-21-20(15-10-8-14(2)9-11-15)23(24(27)28)30-22(17)21/h3-11,17H,1,12-13H2,2H3,(H,25,26)(H,27,28)/t17-/m0/s1. The molecular formula is C24H21NO4S. The molecule has 0 radical (unpaired) electrons. The molecule has 4 rings (SSSR count). The van der Waals surface area contributed by atoms with Crippen LogP contribution >= 0.6 is 11.3 Å². The zero-order valence-corrected chi connectivity index (χ0v) is 17.3. The zero-order chi connectivity index (χ0) is 21.3. The van der Waals surface area contributed by atoms with Gasteiger partial charge in [0.1, 0.15) is 17.2 Å². The quantitative estimate of drug-likeness (QED) is 0.520. The van der Waals surface area contributed by atoms with E-state index in [4.69, 9.17) is 4.74 Å². The minimum absolute atomic E-state index is 0.144. The lowest BCUT2D eigenvalue weighted by molar-refractivity contribution is -0.116. The van der Waals surface area contributed by atoms with Crippen LogP contribution in [0.4, 0.5) is 5.69 Å². The topological polar surface area (TPSA) is 75.6 Å². The lowest BCUT2D eigenvalue weighted by atomic mass is 9.88. The number of carboxylic acid groups (broad SMARTS) is 1. The molecule has 3 aromatic rings. The first-order valence-electron chi connectivity index (χ1n) is 9.59. The van der Waals surface area contributed by atoms with Crippen molar-refractivity contribution in [3.05, 3.63) is 82.1 Å². The molecule has 0 saturated carbocycles. The number of aryl methyl sites for hydroxylation is 1. The average Bonchev–Trinajstić information content (AvgIpc) is 3.12. The number of hydrogen-bond acceptors (Lipinski definition) is 4. The van der Waals surface area contributed by atoms with Crippen LogP contribution in [0.25, 0.3) is 11.1 Å². The number of carbonyl (C=O) groups excluding carboxylic acids is 1. The Labute approximate surface area is 178 Å². The summed E-state index contributed by atoms with van der Waals surface area (Å²) in [5.74, 6) is -0.759. The van der Waals surface area contributed by atoms with Crippen molar-refractivity contribution in [2.24, 2.45) is 0 Å². The number of ether oxygens (including phenoxy) is 1. The van der Waals surface area contributed by atoms with Gasteiger partial charge in [0.15, 0.2) is 0 Å². The molecule has 152 valence electrons. The van der Waals surface area contributed by atoms with E-state index in [0.717, 1.165) is 21.6 Å². The number of carbonyl (C=O) groups is 2. The first-order chi connectivity index (χ1) is 14.5. The summed E-state index contributed by atoms with van der Waals surface area (Å²) in [6.07, 6.45) is 1.90. The van der Waals surface area contributed by atoms with Gasteiger partial charge in [0.2, 0.25) is 5.91 Å². The molecule has 1 aliphatic heterocycles. The van der Waals surface area contributed by atoms with E-state index in [2.05, 4.69) is 11.9 Å². The van der Waals surface area contributed by atoms with Crippen LogP contribution in [-0.4, -0.2) is 23.6 Å². The number of rotatable bonds is 6. The van der Waals surface area contributed by atoms with Gasteiger partial charge in [0.05, 0.1) is 5.69 Å². The van der Waals surface area contributed by atoms with Gasteiger partial charge < -0.3 is 15.2 Å². The summed E-state index contributed by atoms with van der Waals surface area (Å²) >= 11 is 1.22. The smallest absolute Gasteiger partial charge is 0.346 e. The molecular weight excluding hydrogens is 398 g/mol. The number of anilines is 1. The van der Waals surface area contributed by atoms with Crippen molar-refractivity contribution < 1.29 is 19.4 Å². The van der Waals surface area contributed by atoms with E-state index >= 15 is 0 Å². The maximum atomic E-state index is 12.6. The maximum Gasteiger partial charge on any atom is 0.346 e. The Hall–Kier alpha value is -3.38. The molecule has 0 spiro atoms. The highest BCUT2D eigenvalue weighted by Gasteiger charge is 2.35. The predicted octanol–water partition coefficient (Wildman–Crippen LogP) is 5.46. The third-order valence-electron chi connectivity index (χ3n) is 5.09. The molecule has 2 aromatic carbocycles. The summed E-state index contributed by atoms with van der Waals surface area (Å²) in [4.78, 5) is 25.8. The predicted molar refractivity (Wildman–Crippen MR) is 119 cm³/mol. The van der Waals surface area contributed by atoms with Gasteiger partial charge >= 0.3 is 5.97 Å². The second kappa shape index (κ2) is 8.16. The Morgan fingerprint density at radius 1 is 1.27 bits per heavy atom. The number of thiophene rings is 1. The largest absolute Gasteiger partial charge is 0.489 e. The van der Waals surface area contributed by atoms with Crippen LogP contribution in [0.5, 0.6) is 5.75 Å². The molecule has 1 amide bonds. The third kappa shape index (κ3) is 3.62. The highest BCUT2D eigenvalue weighted by Crippen LogP contribution is 2.50. The van der Waals surface area contributed by atoms with Crippen LogP contribution in [0, 0.1) is 6.92 Å². The molecule has 1 aromatic heterocycles. The fourth-order valence-corrected chi connectivity index (χ4v) is 4.97. The van der Waals surface area contributed by atoms with Gasteiger partial charge in [-0.2, -0.15) is 0 Å². The van der Waals surface area contributed by atoms with E-state index in [0.29, 0.717) is 23.6 Å². The summed E-state index contributed by atoms with van der Waals surface area (Å²) in [6.45, 7) is 6.01. The van der Waals surface area contributed by atoms with Gasteiger partial charge in [0.25, 0.3) is 0 Å². The van der Waals surface area contributed by atoms with E-state index in [1.807, 2.05) is 55.5 Å². The van der Waals surface area contributed by atoms with Crippen molar-refractivity contribution in [3.63, 3.8) is 0 Å². The molecule has 0 fully saturated rings. The Bertz CT molecular complexity index is 1130. The summed E-state index contributed by atoms with van der Waals surface area (Å²) in [6, 6.07) is 15.2. The Balaban J connectivity index is 1.90. The number of aromatic carboxylic acids is 1. The van der Waals surface area contributed by atoms with Gasteiger partial charge in [-0.1, -0.05) is 60.7 Å². The zero-order valence-electron chi connectivity index (χ0n) is 16.5. The van der Waals surface area contributed by atoms with Crippen LogP contribution in [-0.2, 0) is 4.79 Å². The minimum atomic E-state index is -1.01. The summed E-state index contributed by atoms with van der Waals surface area (Å²) in [5, 5.41) is 12.8. The molecule has 1 aliphatic rings. The van der Waals surface area contributed by atoms with Gasteiger partial charge in [-0.15, -0.1) is 11.3 Å². The molecule has 1 atom stereocenters. The van der Waals surface area contributed by atoms with Crippen LogP contribution in [0.2, 0.25) is 0 Å². The van der Waals surface area contributed by atoms with E-state index < -0.39 is 5.97 Å². The number of amides is 1. The number of hydrogen-bond donors (Lipinski definition) is 2. The van der Waals surface area contributed by atoms with Gasteiger partial charge in [-0.05, 0) is 18.6 Å². The molecule has 2 N–H and O–H groups in total. The first-order valence-corrected chi connectivity index (χ1v) is 10.4. The molecule has 0 aliphatic carbocycles. The fourth-order valence-electron chi connectivity index (χ4n) is 3.73. The molecule has 6 heteroatoms. The van der Waals surface area contributed by atoms with Crippen LogP contribution in [0.3, 0.4) is 0 Å². The highest BCUT2D eigenvalue weighted by atomic mass is 32.1. The number of nitrogens with one attached hydrogen (secondary N) is 1. The molecule has 30 heavy (non-hydrogen) atoms. The molecule has 5 nitrogen and oxygen atoms in total. The number of fused-ring (bicyclic) bond motifs is 1. The summed E-state index contributed by atoms with van der Waals surface area (Å²) < 4.78 is 5.81.